The van der Waals surface area contributed by atoms with Gasteiger partial charge in [0.2, 0.25) is 0 Å². The molecule has 1 aliphatic carbocycles. The summed E-state index contributed by atoms with van der Waals surface area (Å²) in [5.41, 5.74) is 2.38. The van der Waals surface area contributed by atoms with Gasteiger partial charge in [-0.15, -0.1) is 0 Å². The van der Waals surface area contributed by atoms with Crippen LogP contribution in [0.25, 0.3) is 0 Å². The number of hydrogen-bond donors (Lipinski definition) is 1. The standard InChI is InChI=1S/C20H22ClNO3/c1-23-17-12-19-18(24-9-10-25-19)11-14(17)13-22-20(7-2-8-20)15-3-5-16(21)6-4-15/h3-6,11-12,22H,2,7-10,13H2,1H3. The number of nitrogens with one attached hydrogen (secondary N) is 1. The van der Waals surface area contributed by atoms with Gasteiger partial charge >= 0.3 is 0 Å². The van der Waals surface area contributed by atoms with Crippen molar-refractivity contribution in [2.75, 3.05) is 20.3 Å². The summed E-state index contributed by atoms with van der Waals surface area (Å²) >= 11 is 6.04. The molecule has 1 heterocycles. The average Bonchev–Trinajstić information content (AvgIpc) is 2.61. The molecule has 0 radical (unpaired) electrons. The van der Waals surface area contributed by atoms with Gasteiger partial charge < -0.3 is 19.5 Å². The molecule has 4 nitrogen and oxygen atoms in total. The van der Waals surface area contributed by atoms with Crippen molar-refractivity contribution in [3.8, 4) is 17.2 Å². The van der Waals surface area contributed by atoms with Crippen LogP contribution in [0.15, 0.2) is 36.4 Å². The smallest absolute Gasteiger partial charge is 0.165 e. The van der Waals surface area contributed by atoms with Gasteiger partial charge in [0.1, 0.15) is 19.0 Å². The summed E-state index contributed by atoms with van der Waals surface area (Å²) in [6, 6.07) is 12.1. The van der Waals surface area contributed by atoms with Gasteiger partial charge in [0, 0.05) is 28.7 Å². The highest BCUT2D eigenvalue weighted by atomic mass is 35.5. The number of ether oxygens (including phenoxy) is 3. The van der Waals surface area contributed by atoms with Crippen molar-refractivity contribution in [3.05, 3.63) is 52.5 Å². The number of benzene rings is 2. The van der Waals surface area contributed by atoms with Gasteiger partial charge in [-0.2, -0.15) is 0 Å². The SMILES string of the molecule is COc1cc2c(cc1CNC1(c3ccc(Cl)cc3)CCC1)OCCO2. The van der Waals surface area contributed by atoms with E-state index in [2.05, 4.69) is 17.4 Å². The lowest BCUT2D eigenvalue weighted by Crippen LogP contribution is -2.47. The molecule has 132 valence electrons. The molecule has 0 unspecified atom stereocenters. The Morgan fingerprint density at radius 3 is 2.36 bits per heavy atom. The van der Waals surface area contributed by atoms with Crippen LogP contribution in [0.1, 0.15) is 30.4 Å². The molecule has 0 saturated heterocycles. The van der Waals surface area contributed by atoms with E-state index in [4.69, 9.17) is 25.8 Å². The summed E-state index contributed by atoms with van der Waals surface area (Å²) < 4.78 is 16.9. The molecule has 1 aliphatic heterocycles. The molecule has 25 heavy (non-hydrogen) atoms. The first-order valence-electron chi connectivity index (χ1n) is 8.68. The highest BCUT2D eigenvalue weighted by molar-refractivity contribution is 6.30. The molecular weight excluding hydrogens is 338 g/mol. The lowest BCUT2D eigenvalue weighted by atomic mass is 9.71. The predicted molar refractivity (Wildman–Crippen MR) is 97.8 cm³/mol. The lowest BCUT2D eigenvalue weighted by molar-refractivity contribution is 0.169. The van der Waals surface area contributed by atoms with Crippen molar-refractivity contribution < 1.29 is 14.2 Å². The molecule has 1 saturated carbocycles. The van der Waals surface area contributed by atoms with E-state index in [0.29, 0.717) is 19.8 Å². The van der Waals surface area contributed by atoms with E-state index in [9.17, 15) is 0 Å². The zero-order chi connectivity index (χ0) is 17.3. The van der Waals surface area contributed by atoms with Gasteiger partial charge in [-0.25, -0.2) is 0 Å². The van der Waals surface area contributed by atoms with E-state index < -0.39 is 0 Å². The van der Waals surface area contributed by atoms with Crippen molar-refractivity contribution in [1.29, 1.82) is 0 Å². The third-order valence-corrected chi connectivity index (χ3v) is 5.42. The molecule has 2 aliphatic rings. The summed E-state index contributed by atoms with van der Waals surface area (Å²) in [6.07, 6.45) is 3.48. The summed E-state index contributed by atoms with van der Waals surface area (Å²) in [5.74, 6) is 2.36. The molecule has 0 amide bonds. The number of fused-ring (bicyclic) bond motifs is 1. The highest BCUT2D eigenvalue weighted by Gasteiger charge is 2.38. The lowest BCUT2D eigenvalue weighted by Gasteiger charge is -2.43. The molecule has 0 bridgehead atoms. The molecule has 0 atom stereocenters. The fourth-order valence-electron chi connectivity index (χ4n) is 3.57. The summed E-state index contributed by atoms with van der Waals surface area (Å²) in [5, 5.41) is 4.52. The van der Waals surface area contributed by atoms with Crippen molar-refractivity contribution in [2.24, 2.45) is 0 Å². The van der Waals surface area contributed by atoms with Gasteiger partial charge in [0.05, 0.1) is 7.11 Å². The van der Waals surface area contributed by atoms with Crippen LogP contribution in [0.3, 0.4) is 0 Å². The van der Waals surface area contributed by atoms with E-state index >= 15 is 0 Å². The molecule has 1 N–H and O–H groups in total. The molecule has 0 spiro atoms. The maximum absolute atomic E-state index is 6.04. The minimum absolute atomic E-state index is 0.0167. The second kappa shape index (κ2) is 6.77. The zero-order valence-corrected chi connectivity index (χ0v) is 15.1. The minimum Gasteiger partial charge on any atom is -0.496 e. The maximum atomic E-state index is 6.04. The zero-order valence-electron chi connectivity index (χ0n) is 14.3. The van der Waals surface area contributed by atoms with E-state index in [-0.39, 0.29) is 5.54 Å². The minimum atomic E-state index is 0.0167. The molecule has 2 aromatic rings. The average molecular weight is 360 g/mol. The summed E-state index contributed by atoms with van der Waals surface area (Å²) in [7, 11) is 1.69. The fourth-order valence-corrected chi connectivity index (χ4v) is 3.70. The number of halogens is 1. The van der Waals surface area contributed by atoms with Crippen LogP contribution in [0, 0.1) is 0 Å². The molecule has 1 fully saturated rings. The third kappa shape index (κ3) is 3.16. The second-order valence-electron chi connectivity index (χ2n) is 6.60. The Morgan fingerprint density at radius 1 is 1.08 bits per heavy atom. The first-order chi connectivity index (χ1) is 12.2. The van der Waals surface area contributed by atoms with E-state index in [1.54, 1.807) is 7.11 Å². The van der Waals surface area contributed by atoms with Crippen molar-refractivity contribution in [3.63, 3.8) is 0 Å². The van der Waals surface area contributed by atoms with Gasteiger partial charge in [0.25, 0.3) is 0 Å². The molecular formula is C20H22ClNO3. The normalized spacial score (nSPS) is 17.7. The highest BCUT2D eigenvalue weighted by Crippen LogP contribution is 2.43. The van der Waals surface area contributed by atoms with Crippen LogP contribution >= 0.6 is 11.6 Å². The largest absolute Gasteiger partial charge is 0.496 e. The third-order valence-electron chi connectivity index (χ3n) is 5.17. The van der Waals surface area contributed by atoms with Crippen LogP contribution in [0.5, 0.6) is 17.2 Å². The Labute approximate surface area is 153 Å². The van der Waals surface area contributed by atoms with Gasteiger partial charge in [-0.3, -0.25) is 0 Å². The first kappa shape index (κ1) is 16.6. The van der Waals surface area contributed by atoms with Crippen LogP contribution < -0.4 is 19.5 Å². The van der Waals surface area contributed by atoms with E-state index in [0.717, 1.165) is 40.7 Å². The molecule has 5 heteroatoms. The van der Waals surface area contributed by atoms with Gasteiger partial charge in [-0.05, 0) is 43.0 Å². The summed E-state index contributed by atoms with van der Waals surface area (Å²) in [4.78, 5) is 0. The Hall–Kier alpha value is -1.91. The molecule has 0 aromatic heterocycles. The number of hydrogen-bond acceptors (Lipinski definition) is 4. The number of methoxy groups -OCH3 is 1. The Balaban J connectivity index is 1.56. The predicted octanol–water partition coefficient (Wildman–Crippen LogP) is 4.29. The fraction of sp³-hybridized carbons (Fsp3) is 0.400. The molecule has 2 aromatic carbocycles. The van der Waals surface area contributed by atoms with Crippen LogP contribution in [-0.4, -0.2) is 20.3 Å². The van der Waals surface area contributed by atoms with E-state index in [1.807, 2.05) is 24.3 Å². The van der Waals surface area contributed by atoms with Crippen molar-refractivity contribution >= 4 is 11.6 Å². The topological polar surface area (TPSA) is 39.7 Å². The first-order valence-corrected chi connectivity index (χ1v) is 9.06. The van der Waals surface area contributed by atoms with Crippen LogP contribution in [0.4, 0.5) is 0 Å². The van der Waals surface area contributed by atoms with Gasteiger partial charge in [-0.1, -0.05) is 23.7 Å². The van der Waals surface area contributed by atoms with Crippen LogP contribution in [-0.2, 0) is 12.1 Å². The van der Waals surface area contributed by atoms with Crippen molar-refractivity contribution in [1.82, 2.24) is 5.32 Å². The number of rotatable bonds is 5. The van der Waals surface area contributed by atoms with Crippen molar-refractivity contribution in [2.45, 2.75) is 31.3 Å². The monoisotopic (exact) mass is 359 g/mol. The second-order valence-corrected chi connectivity index (χ2v) is 7.04. The maximum Gasteiger partial charge on any atom is 0.165 e. The van der Waals surface area contributed by atoms with Gasteiger partial charge in [0.15, 0.2) is 11.5 Å². The summed E-state index contributed by atoms with van der Waals surface area (Å²) in [6.45, 7) is 1.87. The Morgan fingerprint density at radius 2 is 1.76 bits per heavy atom. The van der Waals surface area contributed by atoms with E-state index in [1.165, 1.54) is 12.0 Å². The Bertz CT molecular complexity index is 756. The Kier molecular flexibility index (Phi) is 4.48. The molecule has 4 rings (SSSR count). The van der Waals surface area contributed by atoms with Crippen LogP contribution in [0.2, 0.25) is 5.02 Å². The quantitative estimate of drug-likeness (QED) is 0.864.